The second kappa shape index (κ2) is 8.19. The fourth-order valence-corrected chi connectivity index (χ4v) is 3.00. The molecular formula is C22H19BrO3. The van der Waals surface area contributed by atoms with Crippen LogP contribution in [0.25, 0.3) is 11.1 Å². The van der Waals surface area contributed by atoms with Gasteiger partial charge in [0.2, 0.25) is 0 Å². The molecule has 0 aliphatic heterocycles. The molecule has 0 spiro atoms. The molecule has 0 amide bonds. The fraction of sp³-hybridized carbons (Fsp3) is 0.136. The first-order valence-corrected chi connectivity index (χ1v) is 9.08. The zero-order valence-corrected chi connectivity index (χ0v) is 16.2. The number of hydrogen-bond donors (Lipinski definition) is 0. The highest BCUT2D eigenvalue weighted by molar-refractivity contribution is 9.10. The Morgan fingerprint density at radius 1 is 0.885 bits per heavy atom. The molecule has 0 bridgehead atoms. The number of halogens is 1. The van der Waals surface area contributed by atoms with Gasteiger partial charge in [0, 0.05) is 0 Å². The van der Waals surface area contributed by atoms with Gasteiger partial charge in [-0.25, -0.2) is 4.79 Å². The van der Waals surface area contributed by atoms with Crippen LogP contribution in [0.5, 0.6) is 11.5 Å². The van der Waals surface area contributed by atoms with Crippen LogP contribution < -0.4 is 9.47 Å². The molecule has 0 unspecified atom stereocenters. The van der Waals surface area contributed by atoms with E-state index in [0.717, 1.165) is 26.7 Å². The van der Waals surface area contributed by atoms with Gasteiger partial charge in [0.05, 0.1) is 4.47 Å². The third kappa shape index (κ3) is 4.52. The lowest BCUT2D eigenvalue weighted by Crippen LogP contribution is -2.17. The first-order valence-electron chi connectivity index (χ1n) is 8.28. The summed E-state index contributed by atoms with van der Waals surface area (Å²) in [6, 6.07) is 21.4. The van der Waals surface area contributed by atoms with Crippen molar-refractivity contribution in [3.63, 3.8) is 0 Å². The van der Waals surface area contributed by atoms with E-state index in [9.17, 15) is 4.79 Å². The zero-order valence-electron chi connectivity index (χ0n) is 14.7. The Morgan fingerprint density at radius 3 is 2.35 bits per heavy atom. The smallest absolute Gasteiger partial charge is 0.349 e. The minimum atomic E-state index is -0.438. The molecule has 26 heavy (non-hydrogen) atoms. The first-order chi connectivity index (χ1) is 12.5. The van der Waals surface area contributed by atoms with Gasteiger partial charge in [-0.2, -0.15) is 0 Å². The molecule has 3 nitrogen and oxygen atoms in total. The maximum Gasteiger partial charge on any atom is 0.349 e. The Balaban J connectivity index is 1.62. The van der Waals surface area contributed by atoms with Crippen molar-refractivity contribution in [1.29, 1.82) is 0 Å². The highest BCUT2D eigenvalue weighted by Crippen LogP contribution is 2.30. The monoisotopic (exact) mass is 410 g/mol. The summed E-state index contributed by atoms with van der Waals surface area (Å²) in [5, 5.41) is 0. The molecule has 0 N–H and O–H groups in total. The van der Waals surface area contributed by atoms with Crippen LogP contribution in [0.3, 0.4) is 0 Å². The van der Waals surface area contributed by atoms with Crippen LogP contribution in [0.1, 0.15) is 11.1 Å². The van der Waals surface area contributed by atoms with E-state index in [2.05, 4.69) is 15.9 Å². The summed E-state index contributed by atoms with van der Waals surface area (Å²) >= 11 is 3.50. The second-order valence-corrected chi connectivity index (χ2v) is 6.87. The predicted octanol–water partition coefficient (Wildman–Crippen LogP) is 5.72. The number of esters is 1. The minimum Gasteiger partial charge on any atom is -0.481 e. The summed E-state index contributed by atoms with van der Waals surface area (Å²) in [5.74, 6) is 0.689. The maximum atomic E-state index is 12.0. The van der Waals surface area contributed by atoms with Gasteiger partial charge < -0.3 is 9.47 Å². The second-order valence-electron chi connectivity index (χ2n) is 6.02. The Morgan fingerprint density at radius 2 is 1.65 bits per heavy atom. The molecule has 0 aromatic heterocycles. The van der Waals surface area contributed by atoms with Crippen LogP contribution in [-0.2, 0) is 4.79 Å². The van der Waals surface area contributed by atoms with E-state index >= 15 is 0 Å². The summed E-state index contributed by atoms with van der Waals surface area (Å²) in [6.07, 6.45) is 0. The number of carbonyl (C=O) groups excluding carboxylic acids is 1. The van der Waals surface area contributed by atoms with Crippen LogP contribution in [-0.4, -0.2) is 12.6 Å². The number of hydrogen-bond acceptors (Lipinski definition) is 3. The number of carbonyl (C=O) groups is 1. The molecule has 3 aromatic rings. The van der Waals surface area contributed by atoms with Crippen molar-refractivity contribution in [3.8, 4) is 22.6 Å². The number of rotatable bonds is 5. The molecule has 0 heterocycles. The van der Waals surface area contributed by atoms with Gasteiger partial charge in [0.15, 0.2) is 6.61 Å². The normalized spacial score (nSPS) is 10.4. The molecule has 0 radical (unpaired) electrons. The van der Waals surface area contributed by atoms with Crippen molar-refractivity contribution in [3.05, 3.63) is 82.3 Å². The molecule has 132 valence electrons. The molecule has 0 atom stereocenters. The van der Waals surface area contributed by atoms with Gasteiger partial charge in [-0.1, -0.05) is 42.5 Å². The van der Waals surface area contributed by atoms with Gasteiger partial charge >= 0.3 is 5.97 Å². The first kappa shape index (κ1) is 18.2. The Labute approximate surface area is 161 Å². The van der Waals surface area contributed by atoms with Crippen molar-refractivity contribution in [2.24, 2.45) is 0 Å². The molecule has 0 saturated heterocycles. The Hall–Kier alpha value is -2.59. The third-order valence-corrected chi connectivity index (χ3v) is 4.71. The van der Waals surface area contributed by atoms with E-state index in [1.807, 2.05) is 74.5 Å². The molecule has 3 rings (SSSR count). The van der Waals surface area contributed by atoms with Crippen LogP contribution in [0.4, 0.5) is 0 Å². The molecule has 0 saturated carbocycles. The summed E-state index contributed by atoms with van der Waals surface area (Å²) in [5.41, 5.74) is 4.43. The largest absolute Gasteiger partial charge is 0.481 e. The summed E-state index contributed by atoms with van der Waals surface area (Å²) in [7, 11) is 0. The average molecular weight is 411 g/mol. The van der Waals surface area contributed by atoms with Gasteiger partial charge in [0.1, 0.15) is 11.5 Å². The van der Waals surface area contributed by atoms with Crippen molar-refractivity contribution in [2.75, 3.05) is 6.61 Å². The van der Waals surface area contributed by atoms with E-state index in [-0.39, 0.29) is 6.61 Å². The molecule has 0 aliphatic carbocycles. The van der Waals surface area contributed by atoms with Crippen molar-refractivity contribution in [1.82, 2.24) is 0 Å². The van der Waals surface area contributed by atoms with Crippen molar-refractivity contribution >= 4 is 21.9 Å². The zero-order chi connectivity index (χ0) is 18.5. The number of aryl methyl sites for hydroxylation is 2. The Kier molecular flexibility index (Phi) is 5.74. The molecule has 4 heteroatoms. The van der Waals surface area contributed by atoms with E-state index in [1.54, 1.807) is 6.07 Å². The summed E-state index contributed by atoms with van der Waals surface area (Å²) in [6.45, 7) is 3.84. The molecule has 0 fully saturated rings. The van der Waals surface area contributed by atoms with Crippen molar-refractivity contribution in [2.45, 2.75) is 13.8 Å². The highest BCUT2D eigenvalue weighted by Gasteiger charge is 2.10. The Bertz CT molecular complexity index is 920. The summed E-state index contributed by atoms with van der Waals surface area (Å²) in [4.78, 5) is 12.0. The van der Waals surface area contributed by atoms with Crippen LogP contribution >= 0.6 is 15.9 Å². The van der Waals surface area contributed by atoms with Crippen LogP contribution in [0, 0.1) is 13.8 Å². The third-order valence-electron chi connectivity index (χ3n) is 4.09. The van der Waals surface area contributed by atoms with Gasteiger partial charge in [-0.05, 0) is 76.3 Å². The van der Waals surface area contributed by atoms with Gasteiger partial charge in [-0.3, -0.25) is 0 Å². The van der Waals surface area contributed by atoms with Gasteiger partial charge in [-0.15, -0.1) is 0 Å². The van der Waals surface area contributed by atoms with E-state index < -0.39 is 5.97 Å². The number of ether oxygens (including phenoxy) is 2. The lowest BCUT2D eigenvalue weighted by atomic mass is 10.1. The van der Waals surface area contributed by atoms with Crippen molar-refractivity contribution < 1.29 is 14.3 Å². The topological polar surface area (TPSA) is 35.5 Å². The lowest BCUT2D eigenvalue weighted by Gasteiger charge is -2.10. The average Bonchev–Trinajstić information content (AvgIpc) is 2.64. The number of benzene rings is 3. The van der Waals surface area contributed by atoms with E-state index in [4.69, 9.17) is 9.47 Å². The molecule has 3 aromatic carbocycles. The van der Waals surface area contributed by atoms with E-state index in [0.29, 0.717) is 11.5 Å². The molecular weight excluding hydrogens is 392 g/mol. The predicted molar refractivity (Wildman–Crippen MR) is 107 cm³/mol. The fourth-order valence-electron chi connectivity index (χ4n) is 2.50. The lowest BCUT2D eigenvalue weighted by molar-refractivity contribution is -0.136. The quantitative estimate of drug-likeness (QED) is 0.398. The maximum absolute atomic E-state index is 12.0. The van der Waals surface area contributed by atoms with Gasteiger partial charge in [0.25, 0.3) is 0 Å². The highest BCUT2D eigenvalue weighted by atomic mass is 79.9. The van der Waals surface area contributed by atoms with Crippen LogP contribution in [0.15, 0.2) is 71.2 Å². The molecule has 0 aliphatic rings. The summed E-state index contributed by atoms with van der Waals surface area (Å²) < 4.78 is 11.7. The van der Waals surface area contributed by atoms with E-state index in [1.165, 1.54) is 0 Å². The SMILES string of the molecule is Cc1ccc(OC(=O)COc2ccc(-c3ccccc3)cc2Br)cc1C. The van der Waals surface area contributed by atoms with Crippen LogP contribution in [0.2, 0.25) is 0 Å². The minimum absolute atomic E-state index is 0.157. The standard InChI is InChI=1S/C22H19BrO3/c1-15-8-10-19(12-16(15)2)26-22(24)14-25-21-11-9-18(13-20(21)23)17-6-4-3-5-7-17/h3-13H,14H2,1-2H3.